The number of nitrogens with zero attached hydrogens (tertiary/aromatic N) is 2. The second-order valence-corrected chi connectivity index (χ2v) is 5.08. The van der Waals surface area contributed by atoms with E-state index in [1.54, 1.807) is 18.4 Å². The lowest BCUT2D eigenvalue weighted by Crippen LogP contribution is -2.24. The Morgan fingerprint density at radius 3 is 2.89 bits per heavy atom. The number of rotatable bonds is 6. The monoisotopic (exact) mass is 265 g/mol. The van der Waals surface area contributed by atoms with Crippen LogP contribution in [0.2, 0.25) is 0 Å². The number of ether oxygens (including phenoxy) is 1. The molecule has 0 fully saturated rings. The third kappa shape index (κ3) is 2.79. The summed E-state index contributed by atoms with van der Waals surface area (Å²) in [6.07, 6.45) is 1.86. The predicted molar refractivity (Wildman–Crippen MR) is 76.4 cm³/mol. The SMILES string of the molecule is CCc1nc(NC(CC)COC)c2ccsc2n1. The van der Waals surface area contributed by atoms with Crippen molar-refractivity contribution >= 4 is 27.4 Å². The summed E-state index contributed by atoms with van der Waals surface area (Å²) in [7, 11) is 1.72. The van der Waals surface area contributed by atoms with E-state index in [0.29, 0.717) is 6.61 Å². The molecule has 1 N–H and O–H groups in total. The first-order valence-electron chi connectivity index (χ1n) is 6.28. The van der Waals surface area contributed by atoms with Crippen LogP contribution in [-0.2, 0) is 11.2 Å². The first-order valence-corrected chi connectivity index (χ1v) is 7.16. The van der Waals surface area contributed by atoms with Crippen LogP contribution >= 0.6 is 11.3 Å². The second-order valence-electron chi connectivity index (χ2n) is 4.19. The summed E-state index contributed by atoms with van der Waals surface area (Å²) in [5, 5.41) is 6.62. The van der Waals surface area contributed by atoms with E-state index in [2.05, 4.69) is 40.6 Å². The topological polar surface area (TPSA) is 47.0 Å². The Hall–Kier alpha value is -1.20. The number of hydrogen-bond acceptors (Lipinski definition) is 5. The van der Waals surface area contributed by atoms with E-state index in [1.165, 1.54) is 0 Å². The molecule has 0 aromatic carbocycles. The Bertz CT molecular complexity index is 512. The smallest absolute Gasteiger partial charge is 0.138 e. The van der Waals surface area contributed by atoms with Crippen molar-refractivity contribution in [1.29, 1.82) is 0 Å². The number of thiophene rings is 1. The van der Waals surface area contributed by atoms with E-state index in [1.807, 2.05) is 0 Å². The molecule has 5 heteroatoms. The van der Waals surface area contributed by atoms with Crippen molar-refractivity contribution in [3.05, 3.63) is 17.3 Å². The Kier molecular flexibility index (Phi) is 4.49. The van der Waals surface area contributed by atoms with E-state index in [4.69, 9.17) is 4.74 Å². The summed E-state index contributed by atoms with van der Waals surface area (Å²) in [5.74, 6) is 1.82. The molecule has 0 radical (unpaired) electrons. The highest BCUT2D eigenvalue weighted by Crippen LogP contribution is 2.25. The fourth-order valence-corrected chi connectivity index (χ4v) is 2.61. The maximum Gasteiger partial charge on any atom is 0.138 e. The molecule has 2 rings (SSSR count). The third-order valence-electron chi connectivity index (χ3n) is 2.89. The van der Waals surface area contributed by atoms with Crippen LogP contribution in [0.15, 0.2) is 11.4 Å². The fourth-order valence-electron chi connectivity index (χ4n) is 1.82. The Labute approximate surface area is 111 Å². The predicted octanol–water partition coefficient (Wildman–Crippen LogP) is 3.09. The highest BCUT2D eigenvalue weighted by Gasteiger charge is 2.12. The molecule has 0 aliphatic rings. The van der Waals surface area contributed by atoms with Crippen molar-refractivity contribution in [2.75, 3.05) is 19.0 Å². The molecule has 98 valence electrons. The molecule has 0 aliphatic heterocycles. The van der Waals surface area contributed by atoms with Gasteiger partial charge in [0.05, 0.1) is 18.0 Å². The van der Waals surface area contributed by atoms with Crippen molar-refractivity contribution in [2.24, 2.45) is 0 Å². The van der Waals surface area contributed by atoms with E-state index in [-0.39, 0.29) is 6.04 Å². The van der Waals surface area contributed by atoms with Crippen LogP contribution in [0.1, 0.15) is 26.1 Å². The molecule has 1 unspecified atom stereocenters. The largest absolute Gasteiger partial charge is 0.383 e. The van der Waals surface area contributed by atoms with Gasteiger partial charge in [-0.3, -0.25) is 0 Å². The zero-order valence-electron chi connectivity index (χ0n) is 11.1. The third-order valence-corrected chi connectivity index (χ3v) is 3.70. The molecular weight excluding hydrogens is 246 g/mol. The number of nitrogens with one attached hydrogen (secondary N) is 1. The number of aryl methyl sites for hydroxylation is 1. The number of anilines is 1. The van der Waals surface area contributed by atoms with Crippen LogP contribution < -0.4 is 5.32 Å². The fraction of sp³-hybridized carbons (Fsp3) is 0.538. The van der Waals surface area contributed by atoms with Crippen LogP contribution in [0.4, 0.5) is 5.82 Å². The van der Waals surface area contributed by atoms with Gasteiger partial charge in [-0.2, -0.15) is 0 Å². The maximum absolute atomic E-state index is 5.21. The highest BCUT2D eigenvalue weighted by atomic mass is 32.1. The quantitative estimate of drug-likeness (QED) is 0.872. The minimum absolute atomic E-state index is 0.290. The van der Waals surface area contributed by atoms with Gasteiger partial charge in [0, 0.05) is 13.5 Å². The lowest BCUT2D eigenvalue weighted by molar-refractivity contribution is 0.184. The van der Waals surface area contributed by atoms with E-state index < -0.39 is 0 Å². The molecule has 0 amide bonds. The second kappa shape index (κ2) is 6.11. The van der Waals surface area contributed by atoms with E-state index in [9.17, 15) is 0 Å². The molecular formula is C13H19N3OS. The average molecular weight is 265 g/mol. The van der Waals surface area contributed by atoms with Crippen LogP contribution in [0.5, 0.6) is 0 Å². The Morgan fingerprint density at radius 2 is 2.22 bits per heavy atom. The number of hydrogen-bond donors (Lipinski definition) is 1. The maximum atomic E-state index is 5.21. The van der Waals surface area contributed by atoms with E-state index in [0.717, 1.165) is 34.7 Å². The number of methoxy groups -OCH3 is 1. The number of fused-ring (bicyclic) bond motifs is 1. The van der Waals surface area contributed by atoms with E-state index >= 15 is 0 Å². The molecule has 18 heavy (non-hydrogen) atoms. The zero-order chi connectivity index (χ0) is 13.0. The average Bonchev–Trinajstić information content (AvgIpc) is 2.86. The number of aromatic nitrogens is 2. The lowest BCUT2D eigenvalue weighted by Gasteiger charge is -2.17. The molecule has 0 bridgehead atoms. The minimum atomic E-state index is 0.290. The van der Waals surface area contributed by atoms with Gasteiger partial charge in [0.2, 0.25) is 0 Å². The van der Waals surface area contributed by atoms with Crippen LogP contribution in [0.25, 0.3) is 10.2 Å². The summed E-state index contributed by atoms with van der Waals surface area (Å²) in [4.78, 5) is 10.2. The van der Waals surface area contributed by atoms with Crippen molar-refractivity contribution in [3.63, 3.8) is 0 Å². The van der Waals surface area contributed by atoms with Gasteiger partial charge < -0.3 is 10.1 Å². The molecule has 0 aliphatic carbocycles. The summed E-state index contributed by atoms with van der Waals surface area (Å²) < 4.78 is 5.21. The molecule has 0 saturated heterocycles. The summed E-state index contributed by atoms with van der Waals surface area (Å²) in [6.45, 7) is 4.90. The van der Waals surface area contributed by atoms with Gasteiger partial charge in [0.1, 0.15) is 16.5 Å². The first-order chi connectivity index (χ1) is 8.78. The standard InChI is InChI=1S/C13H19N3OS/c1-4-9(8-17-3)14-12-10-6-7-18-13(10)16-11(5-2)15-12/h6-7,9H,4-5,8H2,1-3H3,(H,14,15,16). The normalized spacial score (nSPS) is 12.8. The van der Waals surface area contributed by atoms with Crippen molar-refractivity contribution < 1.29 is 4.74 Å². The van der Waals surface area contributed by atoms with Gasteiger partial charge in [-0.1, -0.05) is 13.8 Å². The lowest BCUT2D eigenvalue weighted by atomic mass is 10.2. The summed E-state index contributed by atoms with van der Waals surface area (Å²) >= 11 is 1.66. The van der Waals surface area contributed by atoms with Crippen LogP contribution in [0, 0.1) is 0 Å². The molecule has 0 spiro atoms. The van der Waals surface area contributed by atoms with Crippen molar-refractivity contribution in [2.45, 2.75) is 32.7 Å². The van der Waals surface area contributed by atoms with Gasteiger partial charge in [0.25, 0.3) is 0 Å². The Morgan fingerprint density at radius 1 is 1.39 bits per heavy atom. The first kappa shape index (κ1) is 13.2. The van der Waals surface area contributed by atoms with Crippen LogP contribution in [0.3, 0.4) is 0 Å². The molecule has 2 aromatic heterocycles. The molecule has 2 heterocycles. The summed E-state index contributed by atoms with van der Waals surface area (Å²) in [5.41, 5.74) is 0. The van der Waals surface area contributed by atoms with Crippen molar-refractivity contribution in [3.8, 4) is 0 Å². The van der Waals surface area contributed by atoms with Gasteiger partial charge in [-0.25, -0.2) is 9.97 Å². The molecule has 1 atom stereocenters. The minimum Gasteiger partial charge on any atom is -0.383 e. The summed E-state index contributed by atoms with van der Waals surface area (Å²) in [6, 6.07) is 2.36. The van der Waals surface area contributed by atoms with Gasteiger partial charge >= 0.3 is 0 Å². The molecule has 4 nitrogen and oxygen atoms in total. The van der Waals surface area contributed by atoms with Gasteiger partial charge in [-0.15, -0.1) is 11.3 Å². The van der Waals surface area contributed by atoms with Crippen molar-refractivity contribution in [1.82, 2.24) is 9.97 Å². The van der Waals surface area contributed by atoms with Gasteiger partial charge in [-0.05, 0) is 17.9 Å². The zero-order valence-corrected chi connectivity index (χ0v) is 11.9. The van der Waals surface area contributed by atoms with Gasteiger partial charge in [0.15, 0.2) is 0 Å². The molecule has 0 saturated carbocycles. The molecule has 2 aromatic rings. The van der Waals surface area contributed by atoms with Crippen LogP contribution in [-0.4, -0.2) is 29.7 Å². The Balaban J connectivity index is 2.32. The highest BCUT2D eigenvalue weighted by molar-refractivity contribution is 7.16.